The number of benzene rings is 3. The molecule has 2 amide bonds. The molecule has 0 aliphatic heterocycles. The van der Waals surface area contributed by atoms with Crippen molar-refractivity contribution in [1.82, 2.24) is 9.88 Å². The molecule has 3 aromatic carbocycles. The lowest BCUT2D eigenvalue weighted by Crippen LogP contribution is -2.36. The Morgan fingerprint density at radius 1 is 0.972 bits per heavy atom. The molecule has 0 atom stereocenters. The first kappa shape index (κ1) is 25.0. The third-order valence-electron chi connectivity index (χ3n) is 5.88. The third-order valence-corrected chi connectivity index (χ3v) is 5.88. The van der Waals surface area contributed by atoms with Crippen molar-refractivity contribution in [1.29, 1.82) is 0 Å². The van der Waals surface area contributed by atoms with Gasteiger partial charge in [-0.15, -0.1) is 0 Å². The summed E-state index contributed by atoms with van der Waals surface area (Å²) in [6.45, 7) is 0.550. The van der Waals surface area contributed by atoms with Crippen LogP contribution >= 0.6 is 0 Å². The molecule has 0 radical (unpaired) electrons. The number of aromatic nitrogens is 1. The Kier molecular flexibility index (Phi) is 7.38. The van der Waals surface area contributed by atoms with Gasteiger partial charge in [0.1, 0.15) is 0 Å². The number of aromatic amines is 1. The maximum atomic E-state index is 13.2. The van der Waals surface area contributed by atoms with Crippen molar-refractivity contribution in [3.05, 3.63) is 89.6 Å². The van der Waals surface area contributed by atoms with Gasteiger partial charge in [0.25, 0.3) is 0 Å². The zero-order valence-corrected chi connectivity index (χ0v) is 19.9. The number of carbonyl (C=O) groups is 1. The van der Waals surface area contributed by atoms with Gasteiger partial charge in [-0.25, -0.2) is 4.79 Å². The monoisotopic (exact) mass is 497 g/mol. The number of urea groups is 1. The van der Waals surface area contributed by atoms with Crippen molar-refractivity contribution in [3.8, 4) is 11.5 Å². The van der Waals surface area contributed by atoms with Crippen molar-refractivity contribution in [2.75, 3.05) is 26.1 Å². The van der Waals surface area contributed by atoms with E-state index < -0.39 is 17.8 Å². The summed E-state index contributed by atoms with van der Waals surface area (Å²) in [4.78, 5) is 18.0. The molecule has 1 aromatic heterocycles. The predicted molar refractivity (Wildman–Crippen MR) is 132 cm³/mol. The molecule has 0 unspecified atom stereocenters. The van der Waals surface area contributed by atoms with Gasteiger partial charge in [-0.1, -0.05) is 30.3 Å². The van der Waals surface area contributed by atoms with Crippen LogP contribution in [0, 0.1) is 0 Å². The normalized spacial score (nSPS) is 11.4. The lowest BCUT2D eigenvalue weighted by Gasteiger charge is -2.24. The van der Waals surface area contributed by atoms with E-state index in [1.165, 1.54) is 26.4 Å². The second kappa shape index (κ2) is 10.6. The average Bonchev–Trinajstić information content (AvgIpc) is 3.29. The van der Waals surface area contributed by atoms with E-state index in [9.17, 15) is 18.0 Å². The van der Waals surface area contributed by atoms with Gasteiger partial charge in [0, 0.05) is 35.9 Å². The molecule has 36 heavy (non-hydrogen) atoms. The second-order valence-electron chi connectivity index (χ2n) is 8.23. The number of rotatable bonds is 8. The van der Waals surface area contributed by atoms with Crippen LogP contribution in [0.1, 0.15) is 16.7 Å². The molecule has 2 N–H and O–H groups in total. The highest BCUT2D eigenvalue weighted by atomic mass is 19.4. The third kappa shape index (κ3) is 5.73. The Bertz CT molecular complexity index is 1350. The lowest BCUT2D eigenvalue weighted by atomic mass is 10.1. The number of anilines is 1. The van der Waals surface area contributed by atoms with Crippen LogP contribution in [-0.2, 0) is 19.1 Å². The van der Waals surface area contributed by atoms with Crippen molar-refractivity contribution < 1.29 is 27.4 Å². The molecule has 4 aromatic rings. The van der Waals surface area contributed by atoms with Crippen molar-refractivity contribution >= 4 is 22.6 Å². The first-order valence-corrected chi connectivity index (χ1v) is 11.3. The molecule has 0 spiro atoms. The number of amides is 2. The second-order valence-corrected chi connectivity index (χ2v) is 8.23. The minimum atomic E-state index is -4.50. The van der Waals surface area contributed by atoms with Gasteiger partial charge in [-0.3, -0.25) is 0 Å². The molecule has 6 nitrogen and oxygen atoms in total. The van der Waals surface area contributed by atoms with E-state index >= 15 is 0 Å². The molecule has 0 saturated carbocycles. The van der Waals surface area contributed by atoms with E-state index in [2.05, 4.69) is 10.3 Å². The molecule has 4 rings (SSSR count). The van der Waals surface area contributed by atoms with Gasteiger partial charge in [0.2, 0.25) is 0 Å². The number of methoxy groups -OCH3 is 2. The Labute approximate surface area is 206 Å². The number of nitrogens with one attached hydrogen (secondary N) is 2. The van der Waals surface area contributed by atoms with E-state index in [4.69, 9.17) is 9.47 Å². The fourth-order valence-corrected chi connectivity index (χ4v) is 4.02. The molecule has 0 aliphatic rings. The number of hydrogen-bond donors (Lipinski definition) is 2. The number of ether oxygens (including phenoxy) is 2. The van der Waals surface area contributed by atoms with E-state index in [1.54, 1.807) is 17.0 Å². The van der Waals surface area contributed by atoms with Gasteiger partial charge >= 0.3 is 12.2 Å². The SMILES string of the molecule is COc1ccc(CN(CCc2c[nH]c3ccccc23)C(=O)Nc2cccc(C(F)(F)F)c2)cc1OC. The number of nitrogens with zero attached hydrogens (tertiary/aromatic N) is 1. The van der Waals surface area contributed by atoms with Crippen LogP contribution in [-0.4, -0.2) is 36.7 Å². The zero-order chi connectivity index (χ0) is 25.7. The van der Waals surface area contributed by atoms with Crippen LogP contribution in [0.4, 0.5) is 23.7 Å². The summed E-state index contributed by atoms with van der Waals surface area (Å²) in [5.74, 6) is 1.07. The van der Waals surface area contributed by atoms with Gasteiger partial charge in [0.15, 0.2) is 11.5 Å². The highest BCUT2D eigenvalue weighted by molar-refractivity contribution is 5.89. The van der Waals surface area contributed by atoms with Crippen LogP contribution in [0.5, 0.6) is 11.5 Å². The van der Waals surface area contributed by atoms with Crippen LogP contribution in [0.15, 0.2) is 72.9 Å². The summed E-state index contributed by atoms with van der Waals surface area (Å²) in [5.41, 5.74) is 2.05. The van der Waals surface area contributed by atoms with E-state index in [1.807, 2.05) is 36.5 Å². The van der Waals surface area contributed by atoms with Gasteiger partial charge < -0.3 is 24.7 Å². The number of fused-ring (bicyclic) bond motifs is 1. The fraction of sp³-hybridized carbons (Fsp3) is 0.222. The largest absolute Gasteiger partial charge is 0.493 e. The Hall–Kier alpha value is -4.14. The van der Waals surface area contributed by atoms with Crippen molar-refractivity contribution in [2.45, 2.75) is 19.1 Å². The summed E-state index contributed by atoms with van der Waals surface area (Å²) >= 11 is 0. The van der Waals surface area contributed by atoms with Crippen LogP contribution in [0.2, 0.25) is 0 Å². The summed E-state index contributed by atoms with van der Waals surface area (Å²) in [5, 5.41) is 3.67. The number of H-pyrrole nitrogens is 1. The van der Waals surface area contributed by atoms with E-state index in [0.717, 1.165) is 34.2 Å². The summed E-state index contributed by atoms with van der Waals surface area (Å²) < 4.78 is 50.1. The number of hydrogen-bond acceptors (Lipinski definition) is 3. The molecule has 0 saturated heterocycles. The molecular weight excluding hydrogens is 471 g/mol. The van der Waals surface area contributed by atoms with Crippen molar-refractivity contribution in [3.63, 3.8) is 0 Å². The van der Waals surface area contributed by atoms with Gasteiger partial charge in [-0.2, -0.15) is 13.2 Å². The highest BCUT2D eigenvalue weighted by Crippen LogP contribution is 2.31. The summed E-state index contributed by atoms with van der Waals surface area (Å²) in [6.07, 6.45) is -2.05. The lowest BCUT2D eigenvalue weighted by molar-refractivity contribution is -0.137. The molecule has 188 valence electrons. The number of alkyl halides is 3. The number of carbonyl (C=O) groups excluding carboxylic acids is 1. The molecule has 9 heteroatoms. The smallest absolute Gasteiger partial charge is 0.416 e. The van der Waals surface area contributed by atoms with E-state index in [-0.39, 0.29) is 12.2 Å². The maximum absolute atomic E-state index is 13.2. The molecule has 0 bridgehead atoms. The van der Waals surface area contributed by atoms with Crippen LogP contribution in [0.3, 0.4) is 0 Å². The fourth-order valence-electron chi connectivity index (χ4n) is 4.02. The van der Waals surface area contributed by atoms with Crippen molar-refractivity contribution in [2.24, 2.45) is 0 Å². The highest BCUT2D eigenvalue weighted by Gasteiger charge is 2.30. The van der Waals surface area contributed by atoms with Crippen LogP contribution < -0.4 is 14.8 Å². The Morgan fingerprint density at radius 2 is 1.75 bits per heavy atom. The molecule has 0 fully saturated rings. The number of halogens is 3. The molecule has 0 aliphatic carbocycles. The van der Waals surface area contributed by atoms with E-state index in [0.29, 0.717) is 24.5 Å². The minimum Gasteiger partial charge on any atom is -0.493 e. The Morgan fingerprint density at radius 3 is 2.50 bits per heavy atom. The average molecular weight is 498 g/mol. The Balaban J connectivity index is 1.57. The summed E-state index contributed by atoms with van der Waals surface area (Å²) in [6, 6.07) is 17.3. The standard InChI is InChI=1S/C27H26F3N3O3/c1-35-24-11-10-18(14-25(24)36-2)17-33(13-12-19-16-31-23-9-4-3-8-22(19)23)26(34)32-21-7-5-6-20(15-21)27(28,29)30/h3-11,14-16,31H,12-13,17H2,1-2H3,(H,32,34). The van der Waals surface area contributed by atoms with Gasteiger partial charge in [-0.05, 0) is 53.9 Å². The predicted octanol–water partition coefficient (Wildman–Crippen LogP) is 6.48. The molecule has 1 heterocycles. The minimum absolute atomic E-state index is 0.0687. The zero-order valence-electron chi connectivity index (χ0n) is 19.9. The first-order valence-electron chi connectivity index (χ1n) is 11.3. The number of para-hydroxylation sites is 1. The topological polar surface area (TPSA) is 66.6 Å². The first-order chi connectivity index (χ1) is 17.3. The van der Waals surface area contributed by atoms with Gasteiger partial charge in [0.05, 0.1) is 19.8 Å². The summed E-state index contributed by atoms with van der Waals surface area (Å²) in [7, 11) is 3.06. The molecular formula is C27H26F3N3O3. The quantitative estimate of drug-likeness (QED) is 0.293. The van der Waals surface area contributed by atoms with Crippen LogP contribution in [0.25, 0.3) is 10.9 Å². The maximum Gasteiger partial charge on any atom is 0.416 e.